The number of aryl methyl sites for hydroxylation is 1. The molecule has 1 atom stereocenters. The van der Waals surface area contributed by atoms with Gasteiger partial charge in [-0.1, -0.05) is 19.1 Å². The standard InChI is InChI=1S/C20H23N3O2/c1-2-4-16-7-8-17(25-16)12-23-10-9-18-19(22-13-21-18)20(23)14-5-3-6-15(24)11-14/h3,5-8,11,13,20,24H,2,4,9-10,12H2,1H3,(H,21,22)/t20-/m1/s1. The molecule has 0 unspecified atom stereocenters. The molecule has 130 valence electrons. The van der Waals surface area contributed by atoms with Gasteiger partial charge in [-0.3, -0.25) is 4.90 Å². The largest absolute Gasteiger partial charge is 0.508 e. The summed E-state index contributed by atoms with van der Waals surface area (Å²) in [4.78, 5) is 10.2. The zero-order chi connectivity index (χ0) is 17.2. The van der Waals surface area contributed by atoms with E-state index in [0.29, 0.717) is 0 Å². The third kappa shape index (κ3) is 3.20. The van der Waals surface area contributed by atoms with E-state index in [1.807, 2.05) is 18.2 Å². The summed E-state index contributed by atoms with van der Waals surface area (Å²) < 4.78 is 5.98. The van der Waals surface area contributed by atoms with Gasteiger partial charge in [0, 0.05) is 25.1 Å². The number of H-pyrrole nitrogens is 1. The summed E-state index contributed by atoms with van der Waals surface area (Å²) in [7, 11) is 0. The molecule has 1 aromatic carbocycles. The first-order valence-corrected chi connectivity index (χ1v) is 8.87. The van der Waals surface area contributed by atoms with Crippen LogP contribution in [-0.4, -0.2) is 26.5 Å². The van der Waals surface area contributed by atoms with Crippen LogP contribution in [0.2, 0.25) is 0 Å². The molecule has 3 aromatic rings. The fourth-order valence-corrected chi connectivity index (χ4v) is 3.65. The van der Waals surface area contributed by atoms with Crippen molar-refractivity contribution in [3.63, 3.8) is 0 Å². The molecule has 1 aliphatic rings. The van der Waals surface area contributed by atoms with Crippen LogP contribution in [0.25, 0.3) is 0 Å². The maximum Gasteiger partial charge on any atom is 0.118 e. The molecule has 0 amide bonds. The van der Waals surface area contributed by atoms with Gasteiger partial charge in [-0.05, 0) is 36.2 Å². The van der Waals surface area contributed by atoms with Crippen molar-refractivity contribution in [1.29, 1.82) is 0 Å². The second-order valence-electron chi connectivity index (χ2n) is 6.60. The molecule has 2 aromatic heterocycles. The molecular formula is C20H23N3O2. The molecule has 3 heterocycles. The normalized spacial score (nSPS) is 17.6. The fourth-order valence-electron chi connectivity index (χ4n) is 3.65. The van der Waals surface area contributed by atoms with Crippen LogP contribution < -0.4 is 0 Å². The molecule has 0 bridgehead atoms. The first-order valence-electron chi connectivity index (χ1n) is 8.87. The molecule has 2 N–H and O–H groups in total. The molecule has 0 saturated carbocycles. The lowest BCUT2D eigenvalue weighted by Gasteiger charge is -2.34. The number of hydrogen-bond acceptors (Lipinski definition) is 4. The summed E-state index contributed by atoms with van der Waals surface area (Å²) in [6.45, 7) is 3.81. The minimum absolute atomic E-state index is 0.0156. The topological polar surface area (TPSA) is 65.3 Å². The van der Waals surface area contributed by atoms with Gasteiger partial charge in [-0.25, -0.2) is 4.98 Å². The average molecular weight is 337 g/mol. The van der Waals surface area contributed by atoms with Crippen molar-refractivity contribution in [2.75, 3.05) is 6.54 Å². The van der Waals surface area contributed by atoms with E-state index in [-0.39, 0.29) is 11.8 Å². The number of imidazole rings is 1. The Hall–Kier alpha value is -2.53. The van der Waals surface area contributed by atoms with Crippen LogP contribution in [0.5, 0.6) is 5.75 Å². The number of furan rings is 1. The van der Waals surface area contributed by atoms with E-state index in [2.05, 4.69) is 33.9 Å². The van der Waals surface area contributed by atoms with Gasteiger partial charge < -0.3 is 14.5 Å². The number of phenolic OH excluding ortho intramolecular Hbond substituents is 1. The molecule has 0 aliphatic carbocycles. The first kappa shape index (κ1) is 16.0. The zero-order valence-corrected chi connectivity index (χ0v) is 14.4. The third-order valence-corrected chi connectivity index (χ3v) is 4.78. The maximum absolute atomic E-state index is 9.92. The third-order valence-electron chi connectivity index (χ3n) is 4.78. The van der Waals surface area contributed by atoms with Gasteiger partial charge in [0.15, 0.2) is 0 Å². The Balaban J connectivity index is 1.65. The Kier molecular flexibility index (Phi) is 4.32. The van der Waals surface area contributed by atoms with E-state index < -0.39 is 0 Å². The summed E-state index contributed by atoms with van der Waals surface area (Å²) >= 11 is 0. The fraction of sp³-hybridized carbons (Fsp3) is 0.350. The number of aromatic nitrogens is 2. The number of nitrogens with zero attached hydrogens (tertiary/aromatic N) is 2. The number of benzene rings is 1. The summed E-state index contributed by atoms with van der Waals surface area (Å²) in [5.74, 6) is 2.31. The van der Waals surface area contributed by atoms with Crippen molar-refractivity contribution in [3.8, 4) is 5.75 Å². The van der Waals surface area contributed by atoms with E-state index >= 15 is 0 Å². The van der Waals surface area contributed by atoms with Crippen molar-refractivity contribution in [2.24, 2.45) is 0 Å². The Labute approximate surface area is 147 Å². The Bertz CT molecular complexity index is 852. The van der Waals surface area contributed by atoms with Crippen molar-refractivity contribution in [3.05, 3.63) is 71.2 Å². The highest BCUT2D eigenvalue weighted by Gasteiger charge is 2.31. The van der Waals surface area contributed by atoms with Gasteiger partial charge in [0.25, 0.3) is 0 Å². The quantitative estimate of drug-likeness (QED) is 0.743. The van der Waals surface area contributed by atoms with E-state index in [1.54, 1.807) is 12.4 Å². The number of rotatable bonds is 5. The van der Waals surface area contributed by atoms with E-state index in [0.717, 1.165) is 55.1 Å². The van der Waals surface area contributed by atoms with Crippen LogP contribution >= 0.6 is 0 Å². The summed E-state index contributed by atoms with van der Waals surface area (Å²) in [6.07, 6.45) is 4.75. The van der Waals surface area contributed by atoms with Crippen LogP contribution in [-0.2, 0) is 19.4 Å². The number of nitrogens with one attached hydrogen (secondary N) is 1. The van der Waals surface area contributed by atoms with Gasteiger partial charge >= 0.3 is 0 Å². The minimum Gasteiger partial charge on any atom is -0.508 e. The van der Waals surface area contributed by atoms with Crippen LogP contribution in [0.3, 0.4) is 0 Å². The monoisotopic (exact) mass is 337 g/mol. The van der Waals surface area contributed by atoms with Crippen molar-refractivity contribution in [1.82, 2.24) is 14.9 Å². The van der Waals surface area contributed by atoms with E-state index in [4.69, 9.17) is 4.42 Å². The predicted molar refractivity (Wildman–Crippen MR) is 95.4 cm³/mol. The highest BCUT2D eigenvalue weighted by molar-refractivity contribution is 5.36. The molecule has 0 spiro atoms. The smallest absolute Gasteiger partial charge is 0.118 e. The van der Waals surface area contributed by atoms with Gasteiger partial charge in [-0.15, -0.1) is 0 Å². The van der Waals surface area contributed by atoms with Gasteiger partial charge in [0.05, 0.1) is 24.6 Å². The molecule has 0 saturated heterocycles. The van der Waals surface area contributed by atoms with Crippen LogP contribution in [0, 0.1) is 0 Å². The van der Waals surface area contributed by atoms with Gasteiger partial charge in [0.2, 0.25) is 0 Å². The zero-order valence-electron chi connectivity index (χ0n) is 14.4. The molecule has 0 fully saturated rings. The first-order chi connectivity index (χ1) is 12.2. The second-order valence-corrected chi connectivity index (χ2v) is 6.60. The number of aromatic hydroxyl groups is 1. The van der Waals surface area contributed by atoms with Crippen LogP contribution in [0.15, 0.2) is 47.1 Å². The molecule has 4 rings (SSSR count). The lowest BCUT2D eigenvalue weighted by molar-refractivity contribution is 0.183. The summed E-state index contributed by atoms with van der Waals surface area (Å²) in [5, 5.41) is 9.92. The van der Waals surface area contributed by atoms with Crippen molar-refractivity contribution >= 4 is 0 Å². The Morgan fingerprint density at radius 3 is 3.00 bits per heavy atom. The molecular weight excluding hydrogens is 314 g/mol. The Morgan fingerprint density at radius 1 is 1.28 bits per heavy atom. The highest BCUT2D eigenvalue weighted by Crippen LogP contribution is 2.35. The Morgan fingerprint density at radius 2 is 2.16 bits per heavy atom. The van der Waals surface area contributed by atoms with Gasteiger partial charge in [-0.2, -0.15) is 0 Å². The van der Waals surface area contributed by atoms with Crippen LogP contribution in [0.1, 0.15) is 47.9 Å². The predicted octanol–water partition coefficient (Wildman–Crippen LogP) is 3.81. The molecule has 1 aliphatic heterocycles. The maximum atomic E-state index is 9.92. The van der Waals surface area contributed by atoms with Gasteiger partial charge in [0.1, 0.15) is 17.3 Å². The summed E-state index contributed by atoms with van der Waals surface area (Å²) in [5.41, 5.74) is 3.27. The van der Waals surface area contributed by atoms with E-state index in [1.165, 1.54) is 5.69 Å². The number of hydrogen-bond donors (Lipinski definition) is 2. The van der Waals surface area contributed by atoms with Crippen molar-refractivity contribution < 1.29 is 9.52 Å². The van der Waals surface area contributed by atoms with Crippen molar-refractivity contribution in [2.45, 2.75) is 38.8 Å². The SMILES string of the molecule is CCCc1ccc(CN2CCc3[nH]cnc3[C@H]2c2cccc(O)c2)o1. The van der Waals surface area contributed by atoms with E-state index in [9.17, 15) is 5.11 Å². The highest BCUT2D eigenvalue weighted by atomic mass is 16.3. The minimum atomic E-state index is 0.0156. The molecule has 25 heavy (non-hydrogen) atoms. The second kappa shape index (κ2) is 6.76. The number of fused-ring (bicyclic) bond motifs is 1. The molecule has 5 heteroatoms. The van der Waals surface area contributed by atoms with Crippen LogP contribution in [0.4, 0.5) is 0 Å². The summed E-state index contributed by atoms with van der Waals surface area (Å²) in [6, 6.07) is 11.6. The number of aromatic amines is 1. The molecule has 0 radical (unpaired) electrons. The lowest BCUT2D eigenvalue weighted by atomic mass is 9.95. The number of phenols is 1. The molecule has 5 nitrogen and oxygen atoms in total. The lowest BCUT2D eigenvalue weighted by Crippen LogP contribution is -2.35. The average Bonchev–Trinajstić information content (AvgIpc) is 3.24.